The van der Waals surface area contributed by atoms with Crippen LogP contribution in [-0.2, 0) is 0 Å². The molecule has 0 atom stereocenters. The van der Waals surface area contributed by atoms with Gasteiger partial charge in [-0.1, -0.05) is 26.0 Å². The van der Waals surface area contributed by atoms with Gasteiger partial charge in [0.05, 0.1) is 12.0 Å². The second-order valence-electron chi connectivity index (χ2n) is 7.37. The molecule has 0 bridgehead atoms. The van der Waals surface area contributed by atoms with Crippen molar-refractivity contribution in [1.82, 2.24) is 0 Å². The molecule has 130 valence electrons. The maximum absolute atomic E-state index is 13.3. The van der Waals surface area contributed by atoms with Gasteiger partial charge in [0, 0.05) is 11.1 Å². The van der Waals surface area contributed by atoms with Crippen molar-refractivity contribution in [2.75, 3.05) is 0 Å². The Morgan fingerprint density at radius 2 is 1.80 bits per heavy atom. The minimum absolute atomic E-state index is 0.0658. The van der Waals surface area contributed by atoms with E-state index >= 15 is 0 Å². The van der Waals surface area contributed by atoms with Crippen LogP contribution in [0.25, 0.3) is 11.1 Å². The number of fused-ring (bicyclic) bond motifs is 1. The highest BCUT2D eigenvalue weighted by atomic mass is 19.1. The molecule has 0 aliphatic carbocycles. The van der Waals surface area contributed by atoms with Crippen LogP contribution in [0.15, 0.2) is 30.3 Å². The van der Waals surface area contributed by atoms with Gasteiger partial charge in [0.15, 0.2) is 12.1 Å². The Morgan fingerprint density at radius 1 is 1.16 bits per heavy atom. The highest BCUT2D eigenvalue weighted by Crippen LogP contribution is 2.43. The fourth-order valence-corrected chi connectivity index (χ4v) is 3.38. The third-order valence-corrected chi connectivity index (χ3v) is 4.49. The van der Waals surface area contributed by atoms with Crippen molar-refractivity contribution in [3.63, 3.8) is 0 Å². The van der Waals surface area contributed by atoms with Crippen LogP contribution in [0.2, 0.25) is 0 Å². The standard InChI is InChI=1S/C21H21FO3/c1-12(2)15-9-18-20(17(24)10-21(3,4)25-18)19(16(15)11-23)13-5-7-14(22)8-6-13/h5-9,11-12H,10H2,1-4H3. The molecule has 1 aliphatic heterocycles. The van der Waals surface area contributed by atoms with Crippen LogP contribution in [0.3, 0.4) is 0 Å². The van der Waals surface area contributed by atoms with Crippen molar-refractivity contribution in [3.8, 4) is 16.9 Å². The van der Waals surface area contributed by atoms with Gasteiger partial charge in [-0.25, -0.2) is 4.39 Å². The first kappa shape index (κ1) is 17.3. The molecule has 0 saturated carbocycles. The molecular weight excluding hydrogens is 319 g/mol. The van der Waals surface area contributed by atoms with E-state index in [4.69, 9.17) is 4.74 Å². The molecule has 25 heavy (non-hydrogen) atoms. The Hall–Kier alpha value is -2.49. The summed E-state index contributed by atoms with van der Waals surface area (Å²) in [5.74, 6) is 0.140. The summed E-state index contributed by atoms with van der Waals surface area (Å²) < 4.78 is 19.4. The summed E-state index contributed by atoms with van der Waals surface area (Å²) in [7, 11) is 0. The Bertz CT molecular complexity index is 848. The minimum atomic E-state index is -0.596. The summed E-state index contributed by atoms with van der Waals surface area (Å²) in [4.78, 5) is 24.7. The molecule has 0 fully saturated rings. The zero-order valence-electron chi connectivity index (χ0n) is 14.9. The molecule has 2 aromatic rings. The molecule has 1 heterocycles. The summed E-state index contributed by atoms with van der Waals surface area (Å²) in [6.07, 6.45) is 1.01. The molecule has 3 rings (SSSR count). The van der Waals surface area contributed by atoms with Gasteiger partial charge in [-0.3, -0.25) is 9.59 Å². The maximum atomic E-state index is 13.3. The molecule has 2 aromatic carbocycles. The van der Waals surface area contributed by atoms with Crippen molar-refractivity contribution in [3.05, 3.63) is 52.8 Å². The van der Waals surface area contributed by atoms with Gasteiger partial charge in [-0.15, -0.1) is 0 Å². The highest BCUT2D eigenvalue weighted by Gasteiger charge is 2.36. The Morgan fingerprint density at radius 3 is 2.36 bits per heavy atom. The van der Waals surface area contributed by atoms with E-state index in [1.807, 2.05) is 27.7 Å². The van der Waals surface area contributed by atoms with Crippen molar-refractivity contribution < 1.29 is 18.7 Å². The molecule has 0 spiro atoms. The van der Waals surface area contributed by atoms with Gasteiger partial charge in [-0.05, 0) is 49.1 Å². The topological polar surface area (TPSA) is 43.4 Å². The number of Topliss-reactive ketones (excluding diaryl/α,β-unsaturated/α-hetero) is 1. The predicted molar refractivity (Wildman–Crippen MR) is 95.0 cm³/mol. The maximum Gasteiger partial charge on any atom is 0.171 e. The lowest BCUT2D eigenvalue weighted by atomic mass is 9.82. The molecule has 0 unspecified atom stereocenters. The van der Waals surface area contributed by atoms with Crippen LogP contribution in [0.1, 0.15) is 66.3 Å². The number of hydrogen-bond acceptors (Lipinski definition) is 3. The Kier molecular flexibility index (Phi) is 4.23. The zero-order valence-corrected chi connectivity index (χ0v) is 14.9. The summed E-state index contributed by atoms with van der Waals surface area (Å²) in [6.45, 7) is 7.71. The lowest BCUT2D eigenvalue weighted by Gasteiger charge is -2.34. The third-order valence-electron chi connectivity index (χ3n) is 4.49. The normalized spacial score (nSPS) is 15.7. The van der Waals surface area contributed by atoms with Crippen molar-refractivity contribution in [2.45, 2.75) is 45.6 Å². The number of rotatable bonds is 3. The van der Waals surface area contributed by atoms with Crippen molar-refractivity contribution >= 4 is 12.1 Å². The van der Waals surface area contributed by atoms with Gasteiger partial charge in [0.25, 0.3) is 0 Å². The van der Waals surface area contributed by atoms with E-state index in [-0.39, 0.29) is 23.9 Å². The highest BCUT2D eigenvalue weighted by molar-refractivity contribution is 6.10. The van der Waals surface area contributed by atoms with Crippen molar-refractivity contribution in [2.24, 2.45) is 0 Å². The first-order valence-corrected chi connectivity index (χ1v) is 8.37. The van der Waals surface area contributed by atoms with Crippen LogP contribution in [0.5, 0.6) is 5.75 Å². The minimum Gasteiger partial charge on any atom is -0.487 e. The molecule has 0 amide bonds. The van der Waals surface area contributed by atoms with Gasteiger partial charge in [0.1, 0.15) is 17.2 Å². The van der Waals surface area contributed by atoms with E-state index in [1.165, 1.54) is 12.1 Å². The molecule has 1 aliphatic rings. The van der Waals surface area contributed by atoms with E-state index in [1.54, 1.807) is 18.2 Å². The van der Waals surface area contributed by atoms with Crippen LogP contribution >= 0.6 is 0 Å². The molecule has 4 heteroatoms. The quantitative estimate of drug-likeness (QED) is 0.724. The zero-order chi connectivity index (χ0) is 18.4. The number of ether oxygens (including phenoxy) is 1. The van der Waals surface area contributed by atoms with Gasteiger partial charge >= 0.3 is 0 Å². The number of carbonyl (C=O) groups is 2. The molecular formula is C21H21FO3. The van der Waals surface area contributed by atoms with Crippen LogP contribution in [0.4, 0.5) is 4.39 Å². The number of hydrogen-bond donors (Lipinski definition) is 0. The van der Waals surface area contributed by atoms with E-state index in [0.717, 1.165) is 11.8 Å². The smallest absolute Gasteiger partial charge is 0.171 e. The van der Waals surface area contributed by atoms with Crippen molar-refractivity contribution in [1.29, 1.82) is 0 Å². The molecule has 0 aromatic heterocycles. The summed E-state index contributed by atoms with van der Waals surface area (Å²) in [5.41, 5.74) is 2.28. The first-order chi connectivity index (χ1) is 11.7. The summed E-state index contributed by atoms with van der Waals surface area (Å²) >= 11 is 0. The molecule has 0 radical (unpaired) electrons. The SMILES string of the molecule is CC(C)c1cc2c(c(-c3ccc(F)cc3)c1C=O)C(=O)CC(C)(C)O2. The van der Waals surface area contributed by atoms with Gasteiger partial charge in [-0.2, -0.15) is 0 Å². The Labute approximate surface area is 146 Å². The number of carbonyl (C=O) groups excluding carboxylic acids is 2. The number of benzene rings is 2. The largest absolute Gasteiger partial charge is 0.487 e. The van der Waals surface area contributed by atoms with Crippen LogP contribution in [-0.4, -0.2) is 17.7 Å². The van der Waals surface area contributed by atoms with E-state index < -0.39 is 5.60 Å². The fraction of sp³-hybridized carbons (Fsp3) is 0.333. The van der Waals surface area contributed by atoms with E-state index in [2.05, 4.69) is 0 Å². The average Bonchev–Trinajstić information content (AvgIpc) is 2.52. The van der Waals surface area contributed by atoms with Crippen LogP contribution in [0, 0.1) is 5.82 Å². The first-order valence-electron chi connectivity index (χ1n) is 8.37. The lowest BCUT2D eigenvalue weighted by Crippen LogP contribution is -2.36. The van der Waals surface area contributed by atoms with E-state index in [0.29, 0.717) is 28.0 Å². The average molecular weight is 340 g/mol. The van der Waals surface area contributed by atoms with Crippen LogP contribution < -0.4 is 4.74 Å². The molecule has 0 N–H and O–H groups in total. The second kappa shape index (κ2) is 6.10. The predicted octanol–water partition coefficient (Wildman–Crippen LogP) is 5.17. The summed E-state index contributed by atoms with van der Waals surface area (Å²) in [5, 5.41) is 0. The Balaban J connectivity index is 2.38. The number of halogens is 1. The second-order valence-corrected chi connectivity index (χ2v) is 7.37. The molecule has 0 saturated heterocycles. The van der Waals surface area contributed by atoms with E-state index in [9.17, 15) is 14.0 Å². The lowest BCUT2D eigenvalue weighted by molar-refractivity contribution is 0.0621. The molecule has 3 nitrogen and oxygen atoms in total. The summed E-state index contributed by atoms with van der Waals surface area (Å²) in [6, 6.07) is 7.65. The monoisotopic (exact) mass is 340 g/mol. The van der Waals surface area contributed by atoms with Gasteiger partial charge < -0.3 is 4.74 Å². The number of aldehydes is 1. The fourth-order valence-electron chi connectivity index (χ4n) is 3.38. The number of ketones is 1. The van der Waals surface area contributed by atoms with Gasteiger partial charge in [0.2, 0.25) is 0 Å². The third kappa shape index (κ3) is 3.09.